The minimum Gasteiger partial charge on any atom is -0.457 e. The highest BCUT2D eigenvalue weighted by Crippen LogP contribution is 2.48. The summed E-state index contributed by atoms with van der Waals surface area (Å²) in [5.74, 6) is 3.06. The van der Waals surface area contributed by atoms with Gasteiger partial charge >= 0.3 is 0 Å². The van der Waals surface area contributed by atoms with Crippen molar-refractivity contribution in [1.29, 1.82) is 0 Å². The van der Waals surface area contributed by atoms with Gasteiger partial charge in [-0.1, -0.05) is 172 Å². The number of rotatable bonds is 11. The van der Waals surface area contributed by atoms with E-state index in [1.807, 2.05) is 6.20 Å². The Kier molecular flexibility index (Phi) is 11.9. The van der Waals surface area contributed by atoms with Gasteiger partial charge < -0.3 is 14.5 Å². The molecule has 1 aliphatic heterocycles. The molecule has 0 bridgehead atoms. The summed E-state index contributed by atoms with van der Waals surface area (Å²) in [6.45, 7) is 21.2. The van der Waals surface area contributed by atoms with Crippen molar-refractivity contribution in [2.75, 3.05) is 16.5 Å². The van der Waals surface area contributed by atoms with E-state index in [9.17, 15) is 0 Å². The van der Waals surface area contributed by atoms with Crippen LogP contribution in [-0.4, -0.2) is 16.2 Å². The average molecular weight is 941 g/mol. The van der Waals surface area contributed by atoms with Crippen LogP contribution in [-0.2, 0) is 10.8 Å². The second-order valence-corrected chi connectivity index (χ2v) is 21.7. The van der Waals surface area contributed by atoms with E-state index in [0.29, 0.717) is 18.5 Å². The second kappa shape index (κ2) is 18.4. The molecule has 358 valence electrons. The molecule has 10 aromatic rings. The lowest BCUT2D eigenvalue weighted by Crippen LogP contribution is -2.25. The molecule has 0 amide bonds. The van der Waals surface area contributed by atoms with E-state index < -0.39 is 0 Å². The number of benzene rings is 8. The quantitative estimate of drug-likeness (QED) is 0.129. The summed E-state index contributed by atoms with van der Waals surface area (Å²) in [4.78, 5) is 9.93. The Morgan fingerprint density at radius 1 is 0.458 bits per heavy atom. The zero-order valence-corrected chi connectivity index (χ0v) is 43.1. The number of para-hydroxylation sites is 2. The highest BCUT2D eigenvalue weighted by Gasteiger charge is 2.31. The Morgan fingerprint density at radius 2 is 1.11 bits per heavy atom. The van der Waals surface area contributed by atoms with Crippen LogP contribution in [0, 0.1) is 0 Å². The molecule has 1 aliphatic rings. The second-order valence-electron chi connectivity index (χ2n) is 21.7. The summed E-state index contributed by atoms with van der Waals surface area (Å²) in [7, 11) is 0. The highest BCUT2D eigenvalue weighted by molar-refractivity contribution is 6.10. The number of anilines is 4. The lowest BCUT2D eigenvalue weighted by atomic mass is 9.78. The Bertz CT molecular complexity index is 3590. The first-order valence-corrected chi connectivity index (χ1v) is 25.6. The zero-order valence-electron chi connectivity index (χ0n) is 43.1. The maximum atomic E-state index is 7.23. The van der Waals surface area contributed by atoms with Crippen molar-refractivity contribution in [3.63, 3.8) is 0 Å². The maximum absolute atomic E-state index is 7.23. The van der Waals surface area contributed by atoms with Crippen molar-refractivity contribution in [2.24, 2.45) is 0 Å². The number of hydrogen-bond acceptors (Lipinski definition) is 4. The lowest BCUT2D eigenvalue weighted by molar-refractivity contribution is 0.483. The van der Waals surface area contributed by atoms with E-state index in [1.165, 1.54) is 55.6 Å². The SMILES string of the molecule is CC(C)c1cccc(C(C)C)c1-c1cc(Oc2ccc3c4cc(-c5ccccc5)ccc4n(-c4cc(C(C)(C)C)ccn4)c3c2)cc(N2CN(c3cccc(C(C)(C)c4ccccc4)c3)c3ccccc32)c1. The number of pyridine rings is 1. The monoisotopic (exact) mass is 941 g/mol. The molecule has 2 aromatic heterocycles. The predicted molar refractivity (Wildman–Crippen MR) is 303 cm³/mol. The van der Waals surface area contributed by atoms with Crippen molar-refractivity contribution in [2.45, 2.75) is 85.0 Å². The Balaban J connectivity index is 1.06. The minimum absolute atomic E-state index is 0.0479. The van der Waals surface area contributed by atoms with Crippen LogP contribution < -0.4 is 14.5 Å². The number of hydrogen-bond donors (Lipinski definition) is 0. The highest BCUT2D eigenvalue weighted by atomic mass is 16.5. The average Bonchev–Trinajstić information content (AvgIpc) is 3.94. The van der Waals surface area contributed by atoms with Gasteiger partial charge in [-0.05, 0) is 140 Å². The van der Waals surface area contributed by atoms with Crippen LogP contribution >= 0.6 is 0 Å². The first-order chi connectivity index (χ1) is 34.7. The number of fused-ring (bicyclic) bond motifs is 4. The van der Waals surface area contributed by atoms with Gasteiger partial charge in [0.1, 0.15) is 24.0 Å². The molecule has 0 saturated heterocycles. The molecule has 0 fully saturated rings. The van der Waals surface area contributed by atoms with Crippen LogP contribution in [0.3, 0.4) is 0 Å². The van der Waals surface area contributed by atoms with Crippen molar-refractivity contribution in [1.82, 2.24) is 9.55 Å². The van der Waals surface area contributed by atoms with Crippen molar-refractivity contribution >= 4 is 44.6 Å². The molecule has 0 unspecified atom stereocenters. The van der Waals surface area contributed by atoms with Gasteiger partial charge in [-0.2, -0.15) is 0 Å². The van der Waals surface area contributed by atoms with Crippen LogP contribution in [0.1, 0.15) is 102 Å². The lowest BCUT2D eigenvalue weighted by Gasteiger charge is -2.28. The molecule has 5 nitrogen and oxygen atoms in total. The van der Waals surface area contributed by atoms with Crippen LogP contribution in [0.15, 0.2) is 200 Å². The van der Waals surface area contributed by atoms with Crippen LogP contribution in [0.4, 0.5) is 22.7 Å². The van der Waals surface area contributed by atoms with E-state index in [-0.39, 0.29) is 10.8 Å². The van der Waals surface area contributed by atoms with Gasteiger partial charge in [-0.25, -0.2) is 4.98 Å². The third kappa shape index (κ3) is 8.51. The third-order valence-electron chi connectivity index (χ3n) is 14.9. The summed E-state index contributed by atoms with van der Waals surface area (Å²) in [6.07, 6.45) is 1.94. The summed E-state index contributed by atoms with van der Waals surface area (Å²) >= 11 is 0. The van der Waals surface area contributed by atoms with Crippen LogP contribution in [0.5, 0.6) is 11.5 Å². The summed E-state index contributed by atoms with van der Waals surface area (Å²) < 4.78 is 9.54. The van der Waals surface area contributed by atoms with Crippen molar-refractivity contribution in [3.8, 4) is 39.6 Å². The Hall–Kier alpha value is -7.89. The van der Waals surface area contributed by atoms with E-state index in [2.05, 4.69) is 271 Å². The Morgan fingerprint density at radius 3 is 1.81 bits per heavy atom. The third-order valence-corrected chi connectivity index (χ3v) is 14.9. The fourth-order valence-corrected chi connectivity index (χ4v) is 10.8. The molecule has 0 spiro atoms. The standard InChI is InChI=1S/C67H64N4O/c1-44(2)56-26-19-27-57(45(3)4)65(56)48-36-53(70-43-69(61-28-16-17-29-62(61)70)52-25-18-24-51(39-52)67(8,9)49-22-14-11-15-23-49)41-55(37-48)72-54-31-32-58-59-38-47(46-20-12-10-13-21-46)30-33-60(59)71(63(58)42-54)64-40-50(34-35-68-64)66(5,6)7/h10-42,44-45H,43H2,1-9H3. The molecule has 3 heterocycles. The van der Waals surface area contributed by atoms with Crippen LogP contribution in [0.2, 0.25) is 0 Å². The van der Waals surface area contributed by atoms with Gasteiger partial charge in [0.2, 0.25) is 0 Å². The Labute approximate surface area is 426 Å². The van der Waals surface area contributed by atoms with Crippen LogP contribution in [0.25, 0.3) is 49.9 Å². The maximum Gasteiger partial charge on any atom is 0.137 e. The first-order valence-electron chi connectivity index (χ1n) is 25.6. The molecule has 0 atom stereocenters. The van der Waals surface area contributed by atoms with Gasteiger partial charge in [-0.3, -0.25) is 4.57 Å². The van der Waals surface area contributed by atoms with Gasteiger partial charge in [0.25, 0.3) is 0 Å². The van der Waals surface area contributed by atoms with Crippen molar-refractivity contribution in [3.05, 3.63) is 228 Å². The number of nitrogens with zero attached hydrogens (tertiary/aromatic N) is 4. The molecule has 0 saturated carbocycles. The minimum atomic E-state index is -0.176. The van der Waals surface area contributed by atoms with Gasteiger partial charge in [0.15, 0.2) is 0 Å². The zero-order chi connectivity index (χ0) is 49.9. The summed E-state index contributed by atoms with van der Waals surface area (Å²) in [5.41, 5.74) is 17.7. The molecule has 11 rings (SSSR count). The number of ether oxygens (including phenoxy) is 1. The molecule has 0 radical (unpaired) electrons. The molecule has 5 heteroatoms. The van der Waals surface area contributed by atoms with Gasteiger partial charge in [-0.15, -0.1) is 0 Å². The first kappa shape index (κ1) is 46.5. The van der Waals surface area contributed by atoms with E-state index in [4.69, 9.17) is 9.72 Å². The smallest absolute Gasteiger partial charge is 0.137 e. The van der Waals surface area contributed by atoms with E-state index >= 15 is 0 Å². The fraction of sp³-hybridized carbons (Fsp3) is 0.209. The molecule has 8 aromatic carbocycles. The van der Waals surface area contributed by atoms with E-state index in [1.54, 1.807) is 0 Å². The molecule has 72 heavy (non-hydrogen) atoms. The predicted octanol–water partition coefficient (Wildman–Crippen LogP) is 18.4. The van der Waals surface area contributed by atoms with E-state index in [0.717, 1.165) is 56.4 Å². The topological polar surface area (TPSA) is 33.5 Å². The molecule has 0 N–H and O–H groups in total. The largest absolute Gasteiger partial charge is 0.457 e. The summed E-state index contributed by atoms with van der Waals surface area (Å²) in [6, 6.07) is 70.8. The van der Waals surface area contributed by atoms with Gasteiger partial charge in [0.05, 0.1) is 22.4 Å². The van der Waals surface area contributed by atoms with Crippen molar-refractivity contribution < 1.29 is 4.74 Å². The van der Waals surface area contributed by atoms with Gasteiger partial charge in [0, 0.05) is 45.9 Å². The molecule has 0 aliphatic carbocycles. The normalized spacial score (nSPS) is 12.9. The summed E-state index contributed by atoms with van der Waals surface area (Å²) in [5, 5.41) is 2.31. The number of aromatic nitrogens is 2. The molecular formula is C67H64N4O. The molecular weight excluding hydrogens is 877 g/mol. The fourth-order valence-electron chi connectivity index (χ4n) is 10.8.